The number of piperazine rings is 1. The van der Waals surface area contributed by atoms with Crippen molar-refractivity contribution >= 4 is 0 Å². The summed E-state index contributed by atoms with van der Waals surface area (Å²) in [6.07, 6.45) is -2.87. The first-order valence-corrected chi connectivity index (χ1v) is 8.16. The van der Waals surface area contributed by atoms with Gasteiger partial charge in [0.05, 0.1) is 0 Å². The minimum Gasteiger partial charge on any atom is -0.405 e. The van der Waals surface area contributed by atoms with E-state index in [-0.39, 0.29) is 11.8 Å². The van der Waals surface area contributed by atoms with Crippen LogP contribution in [-0.4, -0.2) is 37.4 Å². The zero-order valence-electron chi connectivity index (χ0n) is 13.7. The smallest absolute Gasteiger partial charge is 0.405 e. The van der Waals surface area contributed by atoms with Crippen LogP contribution >= 0.6 is 0 Å². The fourth-order valence-electron chi connectivity index (χ4n) is 2.99. The van der Waals surface area contributed by atoms with Crippen LogP contribution < -0.4 is 10.1 Å². The predicted molar refractivity (Wildman–Crippen MR) is 84.4 cm³/mol. The van der Waals surface area contributed by atoms with Gasteiger partial charge in [0.15, 0.2) is 0 Å². The van der Waals surface area contributed by atoms with Crippen LogP contribution in [0.25, 0.3) is 0 Å². The van der Waals surface area contributed by atoms with Crippen LogP contribution in [0.4, 0.5) is 13.2 Å². The molecule has 1 aliphatic rings. The number of nitrogens with zero attached hydrogens (tertiary/aromatic N) is 1. The molecule has 1 N–H and O–H groups in total. The molecule has 0 unspecified atom stereocenters. The van der Waals surface area contributed by atoms with Gasteiger partial charge in [-0.25, -0.2) is 0 Å². The molecule has 0 aliphatic carbocycles. The first kappa shape index (κ1) is 18.1. The van der Waals surface area contributed by atoms with Crippen LogP contribution in [0, 0.1) is 5.92 Å². The molecular formula is C17H25F3N2O. The summed E-state index contributed by atoms with van der Waals surface area (Å²) in [6.45, 7) is 7.66. The monoisotopic (exact) mass is 330 g/mol. The van der Waals surface area contributed by atoms with Crippen LogP contribution in [0.3, 0.4) is 0 Å². The Morgan fingerprint density at radius 3 is 2.39 bits per heavy atom. The van der Waals surface area contributed by atoms with Gasteiger partial charge in [0.2, 0.25) is 0 Å². The van der Waals surface area contributed by atoms with E-state index >= 15 is 0 Å². The molecule has 1 saturated heterocycles. The molecule has 6 heteroatoms. The van der Waals surface area contributed by atoms with Crippen LogP contribution in [0.2, 0.25) is 0 Å². The van der Waals surface area contributed by atoms with Gasteiger partial charge in [-0.3, -0.25) is 4.90 Å². The minimum atomic E-state index is -4.66. The van der Waals surface area contributed by atoms with E-state index in [1.54, 1.807) is 18.2 Å². The Kier molecular flexibility index (Phi) is 6.30. The second-order valence-electron chi connectivity index (χ2n) is 6.36. The zero-order valence-corrected chi connectivity index (χ0v) is 13.7. The standard InChI is InChI=1S/C17H25F3N2O/c1-13(2)7-8-15(22-11-9-21-10-12-22)14-5-3-4-6-16(14)23-17(18,19)20/h3-6,13,15,21H,7-12H2,1-2H3/t15-/m1/s1. The average Bonchev–Trinajstić information content (AvgIpc) is 2.48. The fourth-order valence-corrected chi connectivity index (χ4v) is 2.99. The molecule has 1 heterocycles. The normalized spacial score (nSPS) is 18.2. The molecule has 2 rings (SSSR count). The van der Waals surface area contributed by atoms with Gasteiger partial charge >= 0.3 is 6.36 Å². The largest absolute Gasteiger partial charge is 0.573 e. The average molecular weight is 330 g/mol. The number of nitrogens with one attached hydrogen (secondary N) is 1. The highest BCUT2D eigenvalue weighted by atomic mass is 19.4. The Morgan fingerprint density at radius 1 is 1.13 bits per heavy atom. The summed E-state index contributed by atoms with van der Waals surface area (Å²) < 4.78 is 42.4. The Bertz CT molecular complexity index is 485. The van der Waals surface area contributed by atoms with Crippen molar-refractivity contribution in [1.82, 2.24) is 10.2 Å². The van der Waals surface area contributed by atoms with E-state index in [1.165, 1.54) is 6.07 Å². The molecule has 0 saturated carbocycles. The number of para-hydroxylation sites is 1. The molecule has 0 bridgehead atoms. The highest BCUT2D eigenvalue weighted by molar-refractivity contribution is 5.36. The van der Waals surface area contributed by atoms with Gasteiger partial charge in [0.25, 0.3) is 0 Å². The number of ether oxygens (including phenoxy) is 1. The van der Waals surface area contributed by atoms with E-state index < -0.39 is 6.36 Å². The van der Waals surface area contributed by atoms with E-state index in [1.807, 2.05) is 0 Å². The predicted octanol–water partition coefficient (Wildman–Crippen LogP) is 3.97. The van der Waals surface area contributed by atoms with Gasteiger partial charge < -0.3 is 10.1 Å². The lowest BCUT2D eigenvalue weighted by Crippen LogP contribution is -2.45. The van der Waals surface area contributed by atoms with Crippen molar-refractivity contribution < 1.29 is 17.9 Å². The van der Waals surface area contributed by atoms with Crippen molar-refractivity contribution in [3.63, 3.8) is 0 Å². The molecule has 23 heavy (non-hydrogen) atoms. The lowest BCUT2D eigenvalue weighted by molar-refractivity contribution is -0.275. The number of benzene rings is 1. The van der Waals surface area contributed by atoms with Gasteiger partial charge in [-0.1, -0.05) is 32.0 Å². The van der Waals surface area contributed by atoms with Gasteiger partial charge in [-0.05, 0) is 24.8 Å². The maximum Gasteiger partial charge on any atom is 0.573 e. The van der Waals surface area contributed by atoms with Crippen molar-refractivity contribution in [2.75, 3.05) is 26.2 Å². The molecule has 130 valence electrons. The Labute approximate surface area is 135 Å². The van der Waals surface area contributed by atoms with Gasteiger partial charge in [0, 0.05) is 37.8 Å². The van der Waals surface area contributed by atoms with E-state index in [0.717, 1.165) is 39.0 Å². The summed E-state index contributed by atoms with van der Waals surface area (Å²) in [5.74, 6) is 0.434. The fraction of sp³-hybridized carbons (Fsp3) is 0.647. The van der Waals surface area contributed by atoms with Gasteiger partial charge in [0.1, 0.15) is 5.75 Å². The van der Waals surface area contributed by atoms with E-state index in [4.69, 9.17) is 0 Å². The van der Waals surface area contributed by atoms with E-state index in [0.29, 0.717) is 11.5 Å². The third-order valence-electron chi connectivity index (χ3n) is 4.11. The highest BCUT2D eigenvalue weighted by Gasteiger charge is 2.34. The lowest BCUT2D eigenvalue weighted by Gasteiger charge is -2.36. The topological polar surface area (TPSA) is 24.5 Å². The number of hydrogen-bond acceptors (Lipinski definition) is 3. The number of halogens is 3. The highest BCUT2D eigenvalue weighted by Crippen LogP contribution is 2.36. The number of hydrogen-bond donors (Lipinski definition) is 1. The van der Waals surface area contributed by atoms with E-state index in [2.05, 4.69) is 28.8 Å². The maximum atomic E-state index is 12.7. The molecule has 0 radical (unpaired) electrons. The molecule has 1 aromatic carbocycles. The van der Waals surface area contributed by atoms with Crippen molar-refractivity contribution in [1.29, 1.82) is 0 Å². The first-order chi connectivity index (χ1) is 10.9. The third-order valence-corrected chi connectivity index (χ3v) is 4.11. The maximum absolute atomic E-state index is 12.7. The van der Waals surface area contributed by atoms with Gasteiger partial charge in [-0.2, -0.15) is 0 Å². The zero-order chi connectivity index (χ0) is 16.9. The van der Waals surface area contributed by atoms with Gasteiger partial charge in [-0.15, -0.1) is 13.2 Å². The van der Waals surface area contributed by atoms with Crippen molar-refractivity contribution in [3.05, 3.63) is 29.8 Å². The second-order valence-corrected chi connectivity index (χ2v) is 6.36. The quantitative estimate of drug-likeness (QED) is 0.854. The summed E-state index contributed by atoms with van der Waals surface area (Å²) in [4.78, 5) is 2.26. The third kappa shape index (κ3) is 5.70. The van der Waals surface area contributed by atoms with Crippen molar-refractivity contribution in [2.45, 2.75) is 39.1 Å². The first-order valence-electron chi connectivity index (χ1n) is 8.16. The Morgan fingerprint density at radius 2 is 1.78 bits per heavy atom. The van der Waals surface area contributed by atoms with Crippen molar-refractivity contribution in [2.24, 2.45) is 5.92 Å². The number of rotatable bonds is 6. The summed E-state index contributed by atoms with van der Waals surface area (Å²) in [5.41, 5.74) is 0.632. The summed E-state index contributed by atoms with van der Waals surface area (Å²) in [7, 11) is 0. The van der Waals surface area contributed by atoms with Crippen LogP contribution in [0.1, 0.15) is 38.3 Å². The van der Waals surface area contributed by atoms with Crippen LogP contribution in [-0.2, 0) is 0 Å². The van der Waals surface area contributed by atoms with Crippen molar-refractivity contribution in [3.8, 4) is 5.75 Å². The van der Waals surface area contributed by atoms with Crippen LogP contribution in [0.15, 0.2) is 24.3 Å². The minimum absolute atomic E-state index is 0.0435. The SMILES string of the molecule is CC(C)CC[C@H](c1ccccc1OC(F)(F)F)N1CCNCC1. The Balaban J connectivity index is 2.26. The molecule has 0 amide bonds. The van der Waals surface area contributed by atoms with E-state index in [9.17, 15) is 13.2 Å². The summed E-state index contributed by atoms with van der Waals surface area (Å²) in [6, 6.07) is 6.49. The second kappa shape index (κ2) is 8.02. The summed E-state index contributed by atoms with van der Waals surface area (Å²) in [5, 5.41) is 3.29. The lowest BCUT2D eigenvalue weighted by atomic mass is 9.95. The molecule has 1 fully saturated rings. The van der Waals surface area contributed by atoms with Crippen LogP contribution in [0.5, 0.6) is 5.75 Å². The Hall–Kier alpha value is -1.27. The molecule has 0 aromatic heterocycles. The molecule has 1 atom stereocenters. The summed E-state index contributed by atoms with van der Waals surface area (Å²) >= 11 is 0. The molecular weight excluding hydrogens is 305 g/mol. The molecule has 1 aliphatic heterocycles. The molecule has 1 aromatic rings. The number of alkyl halides is 3. The molecule has 0 spiro atoms. The molecule has 3 nitrogen and oxygen atoms in total.